The molecule has 1 N–H and O–H groups in total. The molecule has 9 heteroatoms. The highest BCUT2D eigenvalue weighted by Gasteiger charge is 2.37. The Kier molecular flexibility index (Phi) is 5.17. The van der Waals surface area contributed by atoms with Crippen LogP contribution in [0.25, 0.3) is 5.65 Å². The molecule has 26 heavy (non-hydrogen) atoms. The minimum atomic E-state index is -4.56. The van der Waals surface area contributed by atoms with Crippen molar-refractivity contribution in [3.8, 4) is 0 Å². The maximum absolute atomic E-state index is 13.4. The van der Waals surface area contributed by atoms with Crippen LogP contribution in [-0.2, 0) is 6.18 Å². The highest BCUT2D eigenvalue weighted by molar-refractivity contribution is 5.93. The molecule has 0 aromatic carbocycles. The molecule has 0 spiro atoms. The van der Waals surface area contributed by atoms with Gasteiger partial charge in [-0.3, -0.25) is 4.79 Å². The van der Waals surface area contributed by atoms with Crippen LogP contribution in [0.3, 0.4) is 0 Å². The van der Waals surface area contributed by atoms with Gasteiger partial charge in [0.2, 0.25) is 0 Å². The van der Waals surface area contributed by atoms with Crippen LogP contribution < -0.4 is 5.32 Å². The Balaban J connectivity index is 1.82. The van der Waals surface area contributed by atoms with Crippen molar-refractivity contribution in [3.05, 3.63) is 29.2 Å². The molecule has 0 radical (unpaired) electrons. The number of halogens is 3. The Morgan fingerprint density at radius 3 is 2.58 bits per heavy atom. The molecule has 2 aromatic rings. The molecule has 2 heterocycles. The Hall–Kier alpha value is -2.16. The fourth-order valence-electron chi connectivity index (χ4n) is 2.85. The molecule has 0 unspecified atom stereocenters. The standard InChI is InChI=1S/C17H22F3N5O/c1-3-24(4-2)8-7-21-16(26)13-10-15-22-12(11-5-6-11)9-14(17(18,19)20)25(15)23-13/h9-11H,3-8H2,1-2H3,(H,21,26). The second kappa shape index (κ2) is 7.22. The maximum Gasteiger partial charge on any atom is 0.433 e. The van der Waals surface area contributed by atoms with E-state index in [4.69, 9.17) is 0 Å². The molecule has 0 atom stereocenters. The van der Waals surface area contributed by atoms with Gasteiger partial charge in [-0.25, -0.2) is 9.50 Å². The first-order chi connectivity index (χ1) is 12.3. The van der Waals surface area contributed by atoms with E-state index in [0.29, 0.717) is 23.3 Å². The van der Waals surface area contributed by atoms with Gasteiger partial charge in [-0.2, -0.15) is 18.3 Å². The summed E-state index contributed by atoms with van der Waals surface area (Å²) in [7, 11) is 0. The van der Waals surface area contributed by atoms with Crippen molar-refractivity contribution < 1.29 is 18.0 Å². The third-order valence-electron chi connectivity index (χ3n) is 4.57. The van der Waals surface area contributed by atoms with Crippen molar-refractivity contribution in [1.82, 2.24) is 24.8 Å². The van der Waals surface area contributed by atoms with E-state index in [0.717, 1.165) is 32.0 Å². The molecular formula is C17H22F3N5O. The lowest BCUT2D eigenvalue weighted by atomic mass is 10.2. The van der Waals surface area contributed by atoms with E-state index in [1.165, 1.54) is 6.07 Å². The number of hydrogen-bond acceptors (Lipinski definition) is 4. The van der Waals surface area contributed by atoms with Gasteiger partial charge in [-0.05, 0) is 32.0 Å². The Morgan fingerprint density at radius 2 is 2.00 bits per heavy atom. The number of aromatic nitrogens is 3. The maximum atomic E-state index is 13.4. The van der Waals surface area contributed by atoms with Gasteiger partial charge >= 0.3 is 6.18 Å². The first-order valence-electron chi connectivity index (χ1n) is 8.82. The first-order valence-corrected chi connectivity index (χ1v) is 8.82. The summed E-state index contributed by atoms with van der Waals surface area (Å²) in [5.41, 5.74) is -0.490. The summed E-state index contributed by atoms with van der Waals surface area (Å²) in [6.45, 7) is 6.85. The van der Waals surface area contributed by atoms with E-state index in [-0.39, 0.29) is 17.3 Å². The third-order valence-corrected chi connectivity index (χ3v) is 4.57. The Labute approximate surface area is 149 Å². The van der Waals surface area contributed by atoms with Crippen molar-refractivity contribution in [2.24, 2.45) is 0 Å². The van der Waals surface area contributed by atoms with Crippen molar-refractivity contribution in [3.63, 3.8) is 0 Å². The highest BCUT2D eigenvalue weighted by Crippen LogP contribution is 2.41. The van der Waals surface area contributed by atoms with Crippen LogP contribution in [0, 0.1) is 0 Å². The number of carbonyl (C=O) groups is 1. The van der Waals surface area contributed by atoms with E-state index < -0.39 is 17.8 Å². The summed E-state index contributed by atoms with van der Waals surface area (Å²) in [5, 5.41) is 6.55. The Bertz CT molecular complexity index is 794. The summed E-state index contributed by atoms with van der Waals surface area (Å²) in [4.78, 5) is 18.6. The predicted molar refractivity (Wildman–Crippen MR) is 90.1 cm³/mol. The van der Waals surface area contributed by atoms with E-state index >= 15 is 0 Å². The molecule has 0 bridgehead atoms. The summed E-state index contributed by atoms with van der Waals surface area (Å²) in [6.07, 6.45) is -2.88. The van der Waals surface area contributed by atoms with Gasteiger partial charge < -0.3 is 10.2 Å². The molecule has 0 aliphatic heterocycles. The molecule has 6 nitrogen and oxygen atoms in total. The van der Waals surface area contributed by atoms with E-state index in [1.807, 2.05) is 13.8 Å². The summed E-state index contributed by atoms with van der Waals surface area (Å²) >= 11 is 0. The number of hydrogen-bond donors (Lipinski definition) is 1. The summed E-state index contributed by atoms with van der Waals surface area (Å²) in [5.74, 6) is -0.425. The molecule has 3 rings (SSSR count). The lowest BCUT2D eigenvalue weighted by Gasteiger charge is -2.17. The van der Waals surface area contributed by atoms with E-state index in [2.05, 4.69) is 20.3 Å². The molecule has 1 aliphatic carbocycles. The summed E-state index contributed by atoms with van der Waals surface area (Å²) < 4.78 is 40.8. The van der Waals surface area contributed by atoms with Gasteiger partial charge in [-0.1, -0.05) is 13.8 Å². The lowest BCUT2D eigenvalue weighted by molar-refractivity contribution is -0.142. The fraction of sp³-hybridized carbons (Fsp3) is 0.588. The smallest absolute Gasteiger partial charge is 0.349 e. The van der Waals surface area contributed by atoms with Crippen molar-refractivity contribution in [1.29, 1.82) is 0 Å². The fourth-order valence-corrected chi connectivity index (χ4v) is 2.85. The molecule has 0 saturated heterocycles. The van der Waals surface area contributed by atoms with Crippen LogP contribution in [0.5, 0.6) is 0 Å². The largest absolute Gasteiger partial charge is 0.433 e. The van der Waals surface area contributed by atoms with E-state index in [9.17, 15) is 18.0 Å². The minimum Gasteiger partial charge on any atom is -0.349 e. The van der Waals surface area contributed by atoms with Gasteiger partial charge in [0.15, 0.2) is 11.3 Å². The number of fused-ring (bicyclic) bond motifs is 1. The second-order valence-corrected chi connectivity index (χ2v) is 6.42. The van der Waals surface area contributed by atoms with Crippen LogP contribution >= 0.6 is 0 Å². The Morgan fingerprint density at radius 1 is 1.31 bits per heavy atom. The van der Waals surface area contributed by atoms with Gasteiger partial charge in [0.05, 0.1) is 0 Å². The number of nitrogens with zero attached hydrogens (tertiary/aromatic N) is 4. The number of likely N-dealkylation sites (N-methyl/N-ethyl adjacent to an activating group) is 1. The second-order valence-electron chi connectivity index (χ2n) is 6.42. The van der Waals surface area contributed by atoms with Crippen molar-refractivity contribution >= 4 is 11.6 Å². The topological polar surface area (TPSA) is 62.5 Å². The van der Waals surface area contributed by atoms with Crippen LogP contribution in [0.4, 0.5) is 13.2 Å². The zero-order valence-corrected chi connectivity index (χ0v) is 14.8. The van der Waals surface area contributed by atoms with Crippen LogP contribution in [0.15, 0.2) is 12.1 Å². The van der Waals surface area contributed by atoms with Crippen LogP contribution in [0.2, 0.25) is 0 Å². The van der Waals surface area contributed by atoms with Gasteiger partial charge in [0, 0.05) is 30.8 Å². The molecule has 1 aliphatic rings. The predicted octanol–water partition coefficient (Wildman–Crippen LogP) is 2.70. The SMILES string of the molecule is CCN(CC)CCNC(=O)c1cc2nc(C3CC3)cc(C(F)(F)F)n2n1. The quantitative estimate of drug-likeness (QED) is 0.815. The molecule has 142 valence electrons. The summed E-state index contributed by atoms with van der Waals surface area (Å²) in [6, 6.07) is 2.35. The number of nitrogens with one attached hydrogen (secondary N) is 1. The lowest BCUT2D eigenvalue weighted by Crippen LogP contribution is -2.35. The van der Waals surface area contributed by atoms with Crippen molar-refractivity contribution in [2.45, 2.75) is 38.8 Å². The first kappa shape index (κ1) is 18.6. The van der Waals surface area contributed by atoms with E-state index in [1.54, 1.807) is 0 Å². The average Bonchev–Trinajstić information content (AvgIpc) is 3.35. The number of carbonyl (C=O) groups excluding carboxylic acids is 1. The molecular weight excluding hydrogens is 347 g/mol. The molecule has 1 saturated carbocycles. The zero-order chi connectivity index (χ0) is 18.9. The number of amides is 1. The molecule has 1 amide bonds. The monoisotopic (exact) mass is 369 g/mol. The van der Waals surface area contributed by atoms with Gasteiger partial charge in [0.25, 0.3) is 5.91 Å². The number of alkyl halides is 3. The van der Waals surface area contributed by atoms with Gasteiger partial charge in [-0.15, -0.1) is 0 Å². The average molecular weight is 369 g/mol. The normalized spacial score (nSPS) is 15.0. The van der Waals surface area contributed by atoms with Crippen molar-refractivity contribution in [2.75, 3.05) is 26.2 Å². The van der Waals surface area contributed by atoms with Crippen LogP contribution in [0.1, 0.15) is 54.5 Å². The minimum absolute atomic E-state index is 0.0515. The highest BCUT2D eigenvalue weighted by atomic mass is 19.4. The third kappa shape index (κ3) is 3.98. The number of rotatable bonds is 7. The molecule has 1 fully saturated rings. The zero-order valence-electron chi connectivity index (χ0n) is 14.8. The molecule has 2 aromatic heterocycles. The van der Waals surface area contributed by atoms with Gasteiger partial charge in [0.1, 0.15) is 5.69 Å². The van der Waals surface area contributed by atoms with Crippen LogP contribution in [-0.4, -0.2) is 51.6 Å².